The Morgan fingerprint density at radius 2 is 1.78 bits per heavy atom. The number of benzene rings is 2. The molecule has 3 amide bonds. The van der Waals surface area contributed by atoms with Crippen molar-refractivity contribution < 1.29 is 24.3 Å². The van der Waals surface area contributed by atoms with E-state index in [1.807, 2.05) is 0 Å². The highest BCUT2D eigenvalue weighted by molar-refractivity contribution is 8.00. The Labute approximate surface area is 159 Å². The maximum absolute atomic E-state index is 12.7. The molecule has 1 atom stereocenters. The predicted molar refractivity (Wildman–Crippen MR) is 101 cm³/mol. The third-order valence-corrected chi connectivity index (χ3v) is 5.20. The van der Waals surface area contributed by atoms with Crippen LogP contribution in [0.3, 0.4) is 0 Å². The van der Waals surface area contributed by atoms with E-state index < -0.39 is 17.1 Å². The van der Waals surface area contributed by atoms with Gasteiger partial charge in [0.25, 0.3) is 0 Å². The van der Waals surface area contributed by atoms with Crippen molar-refractivity contribution in [2.75, 3.05) is 10.2 Å². The molecule has 27 heavy (non-hydrogen) atoms. The summed E-state index contributed by atoms with van der Waals surface area (Å²) < 4.78 is 0. The number of carbonyl (C=O) groups is 4. The maximum atomic E-state index is 12.7. The van der Waals surface area contributed by atoms with Crippen molar-refractivity contribution in [3.8, 4) is 0 Å². The Balaban J connectivity index is 1.79. The summed E-state index contributed by atoms with van der Waals surface area (Å²) in [6.45, 7) is 1.39. The molecule has 1 fully saturated rings. The van der Waals surface area contributed by atoms with E-state index in [0.29, 0.717) is 16.3 Å². The maximum Gasteiger partial charge on any atom is 0.336 e. The van der Waals surface area contributed by atoms with Crippen LogP contribution in [0, 0.1) is 0 Å². The van der Waals surface area contributed by atoms with Gasteiger partial charge in [0.1, 0.15) is 0 Å². The number of hydrogen-bond donors (Lipinski definition) is 2. The number of nitrogens with zero attached hydrogens (tertiary/aromatic N) is 1. The summed E-state index contributed by atoms with van der Waals surface area (Å²) in [6.07, 6.45) is -0.00903. The van der Waals surface area contributed by atoms with Gasteiger partial charge in [-0.2, -0.15) is 0 Å². The van der Waals surface area contributed by atoms with E-state index in [4.69, 9.17) is 0 Å². The fourth-order valence-electron chi connectivity index (χ4n) is 2.76. The molecule has 0 aliphatic carbocycles. The number of rotatable bonds is 5. The first-order chi connectivity index (χ1) is 12.9. The predicted octanol–water partition coefficient (Wildman–Crippen LogP) is 2.77. The average Bonchev–Trinajstić information content (AvgIpc) is 2.89. The van der Waals surface area contributed by atoms with Crippen LogP contribution in [0.2, 0.25) is 0 Å². The van der Waals surface area contributed by atoms with Crippen LogP contribution < -0.4 is 10.2 Å². The van der Waals surface area contributed by atoms with Gasteiger partial charge in [0.2, 0.25) is 17.7 Å². The molecule has 1 saturated heterocycles. The van der Waals surface area contributed by atoms with E-state index in [1.165, 1.54) is 13.0 Å². The van der Waals surface area contributed by atoms with E-state index in [2.05, 4.69) is 5.32 Å². The summed E-state index contributed by atoms with van der Waals surface area (Å²) >= 11 is 1.08. The van der Waals surface area contributed by atoms with Crippen LogP contribution in [0.15, 0.2) is 53.4 Å². The number of imide groups is 1. The molecule has 1 aliphatic heterocycles. The minimum atomic E-state index is -1.08. The summed E-state index contributed by atoms with van der Waals surface area (Å²) in [5.74, 6) is -2.04. The van der Waals surface area contributed by atoms with Crippen molar-refractivity contribution in [1.29, 1.82) is 0 Å². The van der Waals surface area contributed by atoms with Gasteiger partial charge in [-0.15, -0.1) is 11.8 Å². The largest absolute Gasteiger partial charge is 0.478 e. The second-order valence-corrected chi connectivity index (χ2v) is 7.15. The quantitative estimate of drug-likeness (QED) is 0.768. The van der Waals surface area contributed by atoms with E-state index in [0.717, 1.165) is 16.7 Å². The van der Waals surface area contributed by atoms with Crippen molar-refractivity contribution in [2.45, 2.75) is 23.5 Å². The molecule has 7 nitrogen and oxygen atoms in total. The molecule has 8 heteroatoms. The van der Waals surface area contributed by atoms with Crippen LogP contribution in [-0.2, 0) is 14.4 Å². The highest BCUT2D eigenvalue weighted by atomic mass is 32.2. The number of carboxylic acids is 1. The Morgan fingerprint density at radius 3 is 2.41 bits per heavy atom. The van der Waals surface area contributed by atoms with E-state index in [9.17, 15) is 24.3 Å². The lowest BCUT2D eigenvalue weighted by molar-refractivity contribution is -0.121. The SMILES string of the molecule is CC(=O)Nc1ccc(N2C(=O)C[C@@H](Sc3ccccc3C(=O)O)C2=O)cc1. The van der Waals surface area contributed by atoms with Crippen molar-refractivity contribution in [1.82, 2.24) is 0 Å². The minimum absolute atomic E-state index is 0.00903. The van der Waals surface area contributed by atoms with Crippen molar-refractivity contribution in [3.63, 3.8) is 0 Å². The van der Waals surface area contributed by atoms with Crippen molar-refractivity contribution in [2.24, 2.45) is 0 Å². The molecule has 0 aromatic heterocycles. The molecule has 2 N–H and O–H groups in total. The normalized spacial score (nSPS) is 16.5. The van der Waals surface area contributed by atoms with Crippen LogP contribution in [-0.4, -0.2) is 34.0 Å². The van der Waals surface area contributed by atoms with Crippen molar-refractivity contribution >= 4 is 46.8 Å². The van der Waals surface area contributed by atoms with Gasteiger partial charge in [0.15, 0.2) is 0 Å². The lowest BCUT2D eigenvalue weighted by atomic mass is 10.2. The second-order valence-electron chi connectivity index (χ2n) is 5.91. The summed E-state index contributed by atoms with van der Waals surface area (Å²) in [7, 11) is 0. The number of thioether (sulfide) groups is 1. The highest BCUT2D eigenvalue weighted by Crippen LogP contribution is 2.35. The summed E-state index contributed by atoms with van der Waals surface area (Å²) in [6, 6.07) is 12.8. The summed E-state index contributed by atoms with van der Waals surface area (Å²) in [5.41, 5.74) is 1.07. The van der Waals surface area contributed by atoms with Crippen LogP contribution in [0.1, 0.15) is 23.7 Å². The molecule has 3 rings (SSSR count). The summed E-state index contributed by atoms with van der Waals surface area (Å²) in [4.78, 5) is 49.1. The average molecular weight is 384 g/mol. The fraction of sp³-hybridized carbons (Fsp3) is 0.158. The standard InChI is InChI=1S/C19H16N2O5S/c1-11(22)20-12-6-8-13(9-7-12)21-17(23)10-16(18(21)24)27-15-5-3-2-4-14(15)19(25)26/h2-9,16H,10H2,1H3,(H,20,22)(H,25,26)/t16-/m1/s1. The number of hydrogen-bond acceptors (Lipinski definition) is 5. The zero-order valence-corrected chi connectivity index (χ0v) is 15.2. The third-order valence-electron chi connectivity index (χ3n) is 3.94. The van der Waals surface area contributed by atoms with Crippen LogP contribution in [0.25, 0.3) is 0 Å². The van der Waals surface area contributed by atoms with Gasteiger partial charge >= 0.3 is 5.97 Å². The first kappa shape index (κ1) is 18.7. The molecule has 1 aliphatic rings. The van der Waals surface area contributed by atoms with E-state index in [1.54, 1.807) is 42.5 Å². The molecule has 1 heterocycles. The molecular formula is C19H16N2O5S. The zero-order valence-electron chi connectivity index (χ0n) is 14.3. The second kappa shape index (κ2) is 7.63. The zero-order chi connectivity index (χ0) is 19.6. The van der Waals surface area contributed by atoms with Gasteiger partial charge in [0, 0.05) is 23.9 Å². The van der Waals surface area contributed by atoms with Crippen LogP contribution in [0.4, 0.5) is 11.4 Å². The van der Waals surface area contributed by atoms with E-state index in [-0.39, 0.29) is 23.8 Å². The molecule has 0 radical (unpaired) electrons. The van der Waals surface area contributed by atoms with Gasteiger partial charge in [0.05, 0.1) is 16.5 Å². The highest BCUT2D eigenvalue weighted by Gasteiger charge is 2.40. The van der Waals surface area contributed by atoms with Crippen LogP contribution >= 0.6 is 11.8 Å². The first-order valence-electron chi connectivity index (χ1n) is 8.10. The fourth-order valence-corrected chi connectivity index (χ4v) is 3.94. The minimum Gasteiger partial charge on any atom is -0.478 e. The molecular weight excluding hydrogens is 368 g/mol. The van der Waals surface area contributed by atoms with Crippen molar-refractivity contribution in [3.05, 3.63) is 54.1 Å². The number of carboxylic acid groups (broad SMARTS) is 1. The Bertz CT molecular complexity index is 926. The number of anilines is 2. The lowest BCUT2D eigenvalue weighted by Gasteiger charge is -2.16. The Morgan fingerprint density at radius 1 is 1.11 bits per heavy atom. The number of carbonyl (C=O) groups excluding carboxylic acids is 3. The molecule has 2 aromatic rings. The van der Waals surface area contributed by atoms with Gasteiger partial charge in [-0.3, -0.25) is 14.4 Å². The summed E-state index contributed by atoms with van der Waals surface area (Å²) in [5, 5.41) is 11.2. The number of aromatic carboxylic acids is 1. The molecule has 0 unspecified atom stereocenters. The Hall–Kier alpha value is -3.13. The van der Waals surface area contributed by atoms with Gasteiger partial charge in [-0.1, -0.05) is 12.1 Å². The number of amides is 3. The third kappa shape index (κ3) is 4.01. The Kier molecular flexibility index (Phi) is 5.27. The molecule has 0 bridgehead atoms. The molecule has 0 spiro atoms. The van der Waals surface area contributed by atoms with Gasteiger partial charge in [-0.05, 0) is 36.4 Å². The first-order valence-corrected chi connectivity index (χ1v) is 8.98. The lowest BCUT2D eigenvalue weighted by Crippen LogP contribution is -2.31. The van der Waals surface area contributed by atoms with Crippen LogP contribution in [0.5, 0.6) is 0 Å². The monoisotopic (exact) mass is 384 g/mol. The van der Waals surface area contributed by atoms with Gasteiger partial charge in [-0.25, -0.2) is 9.69 Å². The molecule has 0 saturated carbocycles. The van der Waals surface area contributed by atoms with E-state index >= 15 is 0 Å². The molecule has 138 valence electrons. The topological polar surface area (TPSA) is 104 Å². The number of nitrogens with one attached hydrogen (secondary N) is 1. The van der Waals surface area contributed by atoms with Gasteiger partial charge < -0.3 is 10.4 Å². The molecule has 2 aromatic carbocycles. The smallest absolute Gasteiger partial charge is 0.336 e.